The lowest BCUT2D eigenvalue weighted by Crippen LogP contribution is -2.03. The van der Waals surface area contributed by atoms with Crippen LogP contribution in [0.1, 0.15) is 12.5 Å². The van der Waals surface area contributed by atoms with Gasteiger partial charge in [0, 0.05) is 5.02 Å². The average molecular weight is 209 g/mol. The molecular weight excluding hydrogens is 200 g/mol. The average Bonchev–Trinajstić information content (AvgIpc) is 2.45. The maximum absolute atomic E-state index is 11.4. The fourth-order valence-electron chi connectivity index (χ4n) is 1.44. The number of ether oxygens (including phenoxy) is 1. The van der Waals surface area contributed by atoms with Crippen molar-refractivity contribution in [2.45, 2.75) is 13.0 Å². The number of esters is 1. The summed E-state index contributed by atoms with van der Waals surface area (Å²) in [5.74, 6) is -0.278. The molecule has 0 spiro atoms. The molecule has 0 aromatic heterocycles. The molecule has 1 heterocycles. The van der Waals surface area contributed by atoms with Crippen LogP contribution in [0, 0.1) is 0 Å². The van der Waals surface area contributed by atoms with Crippen molar-refractivity contribution < 1.29 is 9.53 Å². The van der Waals surface area contributed by atoms with Crippen LogP contribution in [0.3, 0.4) is 0 Å². The molecule has 0 aliphatic carbocycles. The van der Waals surface area contributed by atoms with E-state index >= 15 is 0 Å². The molecule has 2 nitrogen and oxygen atoms in total. The highest BCUT2D eigenvalue weighted by atomic mass is 35.5. The largest absolute Gasteiger partial charge is 0.455 e. The van der Waals surface area contributed by atoms with Crippen molar-refractivity contribution in [2.24, 2.45) is 0 Å². The fraction of sp³-hybridized carbons (Fsp3) is 0.182. The molecule has 3 heteroatoms. The van der Waals surface area contributed by atoms with Crippen LogP contribution < -0.4 is 0 Å². The Balaban J connectivity index is 2.40. The van der Waals surface area contributed by atoms with E-state index in [0.29, 0.717) is 10.6 Å². The zero-order chi connectivity index (χ0) is 10.1. The number of carbonyl (C=O) groups excluding carboxylic acids is 1. The molecular formula is C11H9ClO2. The quantitative estimate of drug-likeness (QED) is 0.664. The Bertz CT molecular complexity index is 410. The Labute approximate surface area is 87.1 Å². The van der Waals surface area contributed by atoms with E-state index in [1.165, 1.54) is 0 Å². The summed E-state index contributed by atoms with van der Waals surface area (Å²) in [5.41, 5.74) is 1.41. The standard InChI is InChI=1S/C11H9ClO2/c1-7-5-10(11(13)14-7)8-3-2-4-9(12)6-8/h2-7H,1H3. The zero-order valence-corrected chi connectivity index (χ0v) is 8.41. The summed E-state index contributed by atoms with van der Waals surface area (Å²) < 4.78 is 4.99. The van der Waals surface area contributed by atoms with E-state index < -0.39 is 0 Å². The fourth-order valence-corrected chi connectivity index (χ4v) is 1.63. The van der Waals surface area contributed by atoms with Gasteiger partial charge in [-0.1, -0.05) is 23.7 Å². The first kappa shape index (κ1) is 9.28. The number of rotatable bonds is 1. The first-order chi connectivity index (χ1) is 6.66. The van der Waals surface area contributed by atoms with Crippen molar-refractivity contribution in [1.29, 1.82) is 0 Å². The van der Waals surface area contributed by atoms with Gasteiger partial charge >= 0.3 is 5.97 Å². The van der Waals surface area contributed by atoms with Crippen molar-refractivity contribution in [1.82, 2.24) is 0 Å². The molecule has 1 aromatic carbocycles. The minimum atomic E-state index is -0.278. The Morgan fingerprint density at radius 2 is 2.21 bits per heavy atom. The molecule has 1 atom stereocenters. The Kier molecular flexibility index (Phi) is 2.30. The predicted molar refractivity (Wildman–Crippen MR) is 55.0 cm³/mol. The van der Waals surface area contributed by atoms with E-state index in [1.807, 2.05) is 19.1 Å². The summed E-state index contributed by atoms with van der Waals surface area (Å²) in [6.45, 7) is 1.83. The maximum Gasteiger partial charge on any atom is 0.339 e. The maximum atomic E-state index is 11.4. The van der Waals surface area contributed by atoms with Gasteiger partial charge in [-0.25, -0.2) is 4.79 Å². The van der Waals surface area contributed by atoms with Crippen LogP contribution in [0.4, 0.5) is 0 Å². The molecule has 1 aliphatic rings. The predicted octanol–water partition coefficient (Wildman–Crippen LogP) is 2.67. The van der Waals surface area contributed by atoms with Crippen molar-refractivity contribution in [3.8, 4) is 0 Å². The van der Waals surface area contributed by atoms with E-state index in [9.17, 15) is 4.79 Å². The van der Waals surface area contributed by atoms with Gasteiger partial charge in [-0.2, -0.15) is 0 Å². The zero-order valence-electron chi connectivity index (χ0n) is 7.66. The Hall–Kier alpha value is -1.28. The summed E-state index contributed by atoms with van der Waals surface area (Å²) in [5, 5.41) is 0.621. The van der Waals surface area contributed by atoms with Gasteiger partial charge in [-0.05, 0) is 30.7 Å². The second-order valence-electron chi connectivity index (χ2n) is 3.20. The topological polar surface area (TPSA) is 26.3 Å². The summed E-state index contributed by atoms with van der Waals surface area (Å²) in [6.07, 6.45) is 1.66. The highest BCUT2D eigenvalue weighted by Gasteiger charge is 2.23. The normalized spacial score (nSPS) is 20.6. The van der Waals surface area contributed by atoms with Crippen LogP contribution in [0.15, 0.2) is 30.3 Å². The molecule has 1 aliphatic heterocycles. The lowest BCUT2D eigenvalue weighted by molar-refractivity contribution is -0.137. The summed E-state index contributed by atoms with van der Waals surface area (Å²) in [7, 11) is 0. The molecule has 0 fully saturated rings. The number of hydrogen-bond acceptors (Lipinski definition) is 2. The van der Waals surface area contributed by atoms with E-state index in [0.717, 1.165) is 5.56 Å². The number of cyclic esters (lactones) is 1. The van der Waals surface area contributed by atoms with Gasteiger partial charge in [0.25, 0.3) is 0 Å². The lowest BCUT2D eigenvalue weighted by Gasteiger charge is -2.00. The third-order valence-corrected chi connectivity index (χ3v) is 2.28. The summed E-state index contributed by atoms with van der Waals surface area (Å²) in [4.78, 5) is 11.4. The SMILES string of the molecule is CC1C=C(c2cccc(Cl)c2)C(=O)O1. The van der Waals surface area contributed by atoms with Gasteiger partial charge in [0.05, 0.1) is 5.57 Å². The molecule has 0 N–H and O–H groups in total. The third-order valence-electron chi connectivity index (χ3n) is 2.05. The van der Waals surface area contributed by atoms with Crippen LogP contribution in [0.2, 0.25) is 5.02 Å². The molecule has 0 amide bonds. The van der Waals surface area contributed by atoms with Gasteiger partial charge in [0.2, 0.25) is 0 Å². The summed E-state index contributed by atoms with van der Waals surface area (Å²) in [6, 6.07) is 7.19. The minimum Gasteiger partial charge on any atom is -0.455 e. The van der Waals surface area contributed by atoms with Crippen molar-refractivity contribution in [2.75, 3.05) is 0 Å². The van der Waals surface area contributed by atoms with Crippen LogP contribution >= 0.6 is 11.6 Å². The lowest BCUT2D eigenvalue weighted by atomic mass is 10.1. The number of benzene rings is 1. The summed E-state index contributed by atoms with van der Waals surface area (Å²) >= 11 is 5.83. The van der Waals surface area contributed by atoms with Crippen molar-refractivity contribution in [3.05, 3.63) is 40.9 Å². The highest BCUT2D eigenvalue weighted by molar-refractivity contribution is 6.31. The van der Waals surface area contributed by atoms with Gasteiger partial charge in [-0.15, -0.1) is 0 Å². The van der Waals surface area contributed by atoms with Crippen molar-refractivity contribution in [3.63, 3.8) is 0 Å². The smallest absolute Gasteiger partial charge is 0.339 e. The van der Waals surface area contributed by atoms with E-state index in [-0.39, 0.29) is 12.1 Å². The molecule has 0 bridgehead atoms. The monoisotopic (exact) mass is 208 g/mol. The number of halogens is 1. The van der Waals surface area contributed by atoms with Gasteiger partial charge in [0.15, 0.2) is 0 Å². The Morgan fingerprint density at radius 3 is 2.79 bits per heavy atom. The molecule has 1 aromatic rings. The highest BCUT2D eigenvalue weighted by Crippen LogP contribution is 2.25. The second kappa shape index (κ2) is 3.46. The van der Waals surface area contributed by atoms with Gasteiger partial charge in [0.1, 0.15) is 6.10 Å². The van der Waals surface area contributed by atoms with Crippen LogP contribution in [0.25, 0.3) is 5.57 Å². The minimum absolute atomic E-state index is 0.142. The molecule has 72 valence electrons. The first-order valence-electron chi connectivity index (χ1n) is 4.35. The molecule has 0 radical (unpaired) electrons. The number of carbonyl (C=O) groups is 1. The molecule has 0 saturated heterocycles. The van der Waals surface area contributed by atoms with Crippen LogP contribution in [-0.4, -0.2) is 12.1 Å². The van der Waals surface area contributed by atoms with Crippen molar-refractivity contribution >= 4 is 23.1 Å². The van der Waals surface area contributed by atoms with E-state index in [1.54, 1.807) is 18.2 Å². The molecule has 1 unspecified atom stereocenters. The first-order valence-corrected chi connectivity index (χ1v) is 4.73. The molecule has 0 saturated carbocycles. The van der Waals surface area contributed by atoms with Gasteiger partial charge in [-0.3, -0.25) is 0 Å². The third kappa shape index (κ3) is 1.66. The van der Waals surface area contributed by atoms with E-state index in [2.05, 4.69) is 0 Å². The van der Waals surface area contributed by atoms with Gasteiger partial charge < -0.3 is 4.74 Å². The second-order valence-corrected chi connectivity index (χ2v) is 3.64. The molecule has 14 heavy (non-hydrogen) atoms. The Morgan fingerprint density at radius 1 is 1.43 bits per heavy atom. The number of hydrogen-bond donors (Lipinski definition) is 0. The van der Waals surface area contributed by atoms with E-state index in [4.69, 9.17) is 16.3 Å². The van der Waals surface area contributed by atoms with Crippen LogP contribution in [0.5, 0.6) is 0 Å². The van der Waals surface area contributed by atoms with Crippen LogP contribution in [-0.2, 0) is 9.53 Å². The molecule has 2 rings (SSSR count).